The van der Waals surface area contributed by atoms with Gasteiger partial charge >= 0.3 is 0 Å². The van der Waals surface area contributed by atoms with Crippen LogP contribution in [0.15, 0.2) is 24.3 Å². The van der Waals surface area contributed by atoms with Crippen molar-refractivity contribution in [3.63, 3.8) is 0 Å². The van der Waals surface area contributed by atoms with Gasteiger partial charge in [0.05, 0.1) is 0 Å². The Morgan fingerprint density at radius 1 is 1.30 bits per heavy atom. The molecule has 0 heterocycles. The molecule has 1 aromatic rings. The average Bonchev–Trinajstić information content (AvgIpc) is 2.46. The summed E-state index contributed by atoms with van der Waals surface area (Å²) in [6, 6.07) is 7.75. The van der Waals surface area contributed by atoms with Crippen molar-refractivity contribution in [1.29, 1.82) is 0 Å². The van der Waals surface area contributed by atoms with Gasteiger partial charge in [0, 0.05) is 36.7 Å². The Kier molecular flexibility index (Phi) is 5.46. The van der Waals surface area contributed by atoms with Crippen molar-refractivity contribution < 1.29 is 4.79 Å². The minimum atomic E-state index is 0.0367. The van der Waals surface area contributed by atoms with Gasteiger partial charge in [-0.25, -0.2) is 0 Å². The Hall–Kier alpha value is -1.03. The van der Waals surface area contributed by atoms with Gasteiger partial charge in [0.2, 0.25) is 0 Å². The zero-order valence-corrected chi connectivity index (χ0v) is 13.8. The van der Waals surface area contributed by atoms with E-state index < -0.39 is 0 Å². The van der Waals surface area contributed by atoms with E-state index in [0.717, 1.165) is 17.8 Å². The summed E-state index contributed by atoms with van der Waals surface area (Å²) in [4.78, 5) is 14.9. The largest absolute Gasteiger partial charge is 0.378 e. The van der Waals surface area contributed by atoms with Crippen LogP contribution in [0.3, 0.4) is 0 Å². The van der Waals surface area contributed by atoms with Gasteiger partial charge in [-0.1, -0.05) is 22.0 Å². The molecule has 0 saturated heterocycles. The molecule has 4 heteroatoms. The van der Waals surface area contributed by atoms with E-state index in [1.807, 2.05) is 43.3 Å². The molecule has 1 aromatic carbocycles. The highest BCUT2D eigenvalue weighted by atomic mass is 79.9. The van der Waals surface area contributed by atoms with E-state index in [2.05, 4.69) is 21.2 Å². The summed E-state index contributed by atoms with van der Waals surface area (Å²) < 4.78 is 0. The SMILES string of the molecule is CN(C)c1cccc(C(=O)NCC2CCC(Br)CC2)c1. The molecule has 1 aliphatic rings. The van der Waals surface area contributed by atoms with Crippen LogP contribution in [0.2, 0.25) is 0 Å². The van der Waals surface area contributed by atoms with Gasteiger partial charge in [-0.05, 0) is 49.8 Å². The van der Waals surface area contributed by atoms with Crippen LogP contribution in [0.1, 0.15) is 36.0 Å². The van der Waals surface area contributed by atoms with Crippen LogP contribution < -0.4 is 10.2 Å². The average molecular weight is 339 g/mol. The van der Waals surface area contributed by atoms with Crippen molar-refractivity contribution in [3.05, 3.63) is 29.8 Å². The van der Waals surface area contributed by atoms with Crippen LogP contribution in [0, 0.1) is 5.92 Å². The van der Waals surface area contributed by atoms with E-state index in [1.54, 1.807) is 0 Å². The van der Waals surface area contributed by atoms with Gasteiger partial charge in [0.1, 0.15) is 0 Å². The lowest BCUT2D eigenvalue weighted by Gasteiger charge is -2.25. The second-order valence-electron chi connectivity index (χ2n) is 5.77. The molecule has 110 valence electrons. The van der Waals surface area contributed by atoms with Gasteiger partial charge in [-0.3, -0.25) is 4.79 Å². The van der Waals surface area contributed by atoms with Crippen LogP contribution in [0.25, 0.3) is 0 Å². The highest BCUT2D eigenvalue weighted by molar-refractivity contribution is 9.09. The van der Waals surface area contributed by atoms with Gasteiger partial charge in [-0.2, -0.15) is 0 Å². The van der Waals surface area contributed by atoms with Crippen LogP contribution in [0.4, 0.5) is 5.69 Å². The minimum Gasteiger partial charge on any atom is -0.378 e. The number of benzene rings is 1. The van der Waals surface area contributed by atoms with Crippen molar-refractivity contribution in [2.45, 2.75) is 30.5 Å². The number of hydrogen-bond acceptors (Lipinski definition) is 2. The molecule has 0 aromatic heterocycles. The van der Waals surface area contributed by atoms with Crippen molar-refractivity contribution in [3.8, 4) is 0 Å². The molecule has 0 atom stereocenters. The molecular weight excluding hydrogens is 316 g/mol. The number of halogens is 1. The molecule has 0 aliphatic heterocycles. The summed E-state index contributed by atoms with van der Waals surface area (Å²) in [5.74, 6) is 0.666. The highest BCUT2D eigenvalue weighted by Crippen LogP contribution is 2.28. The van der Waals surface area contributed by atoms with Crippen molar-refractivity contribution in [1.82, 2.24) is 5.32 Å². The van der Waals surface area contributed by atoms with Crippen LogP contribution in [-0.2, 0) is 0 Å². The number of amides is 1. The summed E-state index contributed by atoms with van der Waals surface area (Å²) >= 11 is 3.66. The fourth-order valence-corrected chi connectivity index (χ4v) is 3.12. The summed E-state index contributed by atoms with van der Waals surface area (Å²) in [5.41, 5.74) is 1.79. The van der Waals surface area contributed by atoms with Gasteiger partial charge in [-0.15, -0.1) is 0 Å². The summed E-state index contributed by atoms with van der Waals surface area (Å²) in [6.45, 7) is 0.796. The zero-order chi connectivity index (χ0) is 14.5. The van der Waals surface area contributed by atoms with E-state index in [0.29, 0.717) is 10.7 Å². The number of nitrogens with zero attached hydrogens (tertiary/aromatic N) is 1. The molecule has 0 radical (unpaired) electrons. The fraction of sp³-hybridized carbons (Fsp3) is 0.562. The molecule has 1 N–H and O–H groups in total. The molecule has 0 spiro atoms. The summed E-state index contributed by atoms with van der Waals surface area (Å²) in [6.07, 6.45) is 4.84. The quantitative estimate of drug-likeness (QED) is 0.853. The Labute approximate surface area is 129 Å². The molecule has 1 saturated carbocycles. The molecule has 3 nitrogen and oxygen atoms in total. The maximum absolute atomic E-state index is 12.2. The van der Waals surface area contributed by atoms with Crippen molar-refractivity contribution in [2.75, 3.05) is 25.5 Å². The standard InChI is InChI=1S/C16H23BrN2O/c1-19(2)15-5-3-4-13(10-15)16(20)18-11-12-6-8-14(17)9-7-12/h3-5,10,12,14H,6-9,11H2,1-2H3,(H,18,20). The lowest BCUT2D eigenvalue weighted by atomic mass is 9.89. The molecular formula is C16H23BrN2O. The number of carbonyl (C=O) groups is 1. The predicted octanol–water partition coefficient (Wildman–Crippen LogP) is 3.44. The second kappa shape index (κ2) is 7.11. The maximum Gasteiger partial charge on any atom is 0.251 e. The first-order valence-electron chi connectivity index (χ1n) is 7.26. The fourth-order valence-electron chi connectivity index (χ4n) is 2.59. The Bertz CT molecular complexity index is 454. The second-order valence-corrected chi connectivity index (χ2v) is 7.07. The third-order valence-electron chi connectivity index (χ3n) is 3.95. The Morgan fingerprint density at radius 3 is 2.65 bits per heavy atom. The molecule has 1 fully saturated rings. The van der Waals surface area contributed by atoms with Crippen LogP contribution in [-0.4, -0.2) is 31.4 Å². The lowest BCUT2D eigenvalue weighted by Crippen LogP contribution is -2.31. The number of anilines is 1. The monoisotopic (exact) mass is 338 g/mol. The molecule has 0 bridgehead atoms. The van der Waals surface area contributed by atoms with Crippen molar-refractivity contribution >= 4 is 27.5 Å². The van der Waals surface area contributed by atoms with Gasteiger partial charge < -0.3 is 10.2 Å². The third-order valence-corrected chi connectivity index (χ3v) is 4.87. The summed E-state index contributed by atoms with van der Waals surface area (Å²) in [5, 5.41) is 3.08. The number of rotatable bonds is 4. The first kappa shape index (κ1) is 15.4. The summed E-state index contributed by atoms with van der Waals surface area (Å²) in [7, 11) is 3.96. The Balaban J connectivity index is 1.87. The third kappa shape index (κ3) is 4.23. The van der Waals surface area contributed by atoms with Gasteiger partial charge in [0.25, 0.3) is 5.91 Å². The Morgan fingerprint density at radius 2 is 2.00 bits per heavy atom. The minimum absolute atomic E-state index is 0.0367. The zero-order valence-electron chi connectivity index (χ0n) is 12.2. The van der Waals surface area contributed by atoms with E-state index in [1.165, 1.54) is 25.7 Å². The van der Waals surface area contributed by atoms with Crippen LogP contribution in [0.5, 0.6) is 0 Å². The lowest BCUT2D eigenvalue weighted by molar-refractivity contribution is 0.0944. The van der Waals surface area contributed by atoms with Crippen LogP contribution >= 0.6 is 15.9 Å². The molecule has 20 heavy (non-hydrogen) atoms. The number of alkyl halides is 1. The van der Waals surface area contributed by atoms with E-state index in [4.69, 9.17) is 0 Å². The molecule has 2 rings (SSSR count). The number of carbonyl (C=O) groups excluding carboxylic acids is 1. The highest BCUT2D eigenvalue weighted by Gasteiger charge is 2.19. The number of hydrogen-bond donors (Lipinski definition) is 1. The van der Waals surface area contributed by atoms with E-state index in [-0.39, 0.29) is 5.91 Å². The first-order valence-corrected chi connectivity index (χ1v) is 8.17. The molecule has 0 unspecified atom stereocenters. The number of nitrogens with one attached hydrogen (secondary N) is 1. The maximum atomic E-state index is 12.2. The van der Waals surface area contributed by atoms with Gasteiger partial charge in [0.15, 0.2) is 0 Å². The van der Waals surface area contributed by atoms with E-state index in [9.17, 15) is 4.79 Å². The topological polar surface area (TPSA) is 32.3 Å². The first-order chi connectivity index (χ1) is 9.56. The predicted molar refractivity (Wildman–Crippen MR) is 87.8 cm³/mol. The van der Waals surface area contributed by atoms with E-state index >= 15 is 0 Å². The molecule has 1 amide bonds. The smallest absolute Gasteiger partial charge is 0.251 e. The molecule has 1 aliphatic carbocycles. The van der Waals surface area contributed by atoms with Crippen molar-refractivity contribution in [2.24, 2.45) is 5.92 Å². The normalized spacial score (nSPS) is 22.4.